The summed E-state index contributed by atoms with van der Waals surface area (Å²) in [7, 11) is 5.99. The van der Waals surface area contributed by atoms with Gasteiger partial charge < -0.3 is 19.6 Å². The van der Waals surface area contributed by atoms with E-state index in [0.717, 1.165) is 50.9 Å². The van der Waals surface area contributed by atoms with Crippen LogP contribution in [0.2, 0.25) is 0 Å². The van der Waals surface area contributed by atoms with E-state index in [1.807, 2.05) is 13.1 Å². The van der Waals surface area contributed by atoms with Crippen molar-refractivity contribution in [3.05, 3.63) is 47.3 Å². The van der Waals surface area contributed by atoms with Gasteiger partial charge in [0, 0.05) is 72.2 Å². The van der Waals surface area contributed by atoms with E-state index in [-0.39, 0.29) is 0 Å². The molecule has 0 amide bonds. The van der Waals surface area contributed by atoms with Gasteiger partial charge in [-0.25, -0.2) is 0 Å². The maximum Gasteiger partial charge on any atom is 0.194 e. The Morgan fingerprint density at radius 1 is 1.22 bits per heavy atom. The smallest absolute Gasteiger partial charge is 0.194 e. The third-order valence-electron chi connectivity index (χ3n) is 5.04. The highest BCUT2D eigenvalue weighted by Gasteiger charge is 2.20. The minimum absolute atomic E-state index is 0.783. The number of aromatic nitrogens is 1. The van der Waals surface area contributed by atoms with Crippen LogP contribution in [0.5, 0.6) is 0 Å². The van der Waals surface area contributed by atoms with Gasteiger partial charge in [0.25, 0.3) is 0 Å². The number of anilines is 1. The average molecular weight is 371 g/mol. The summed E-state index contributed by atoms with van der Waals surface area (Å²) in [4.78, 5) is 11.3. The zero-order chi connectivity index (χ0) is 19.2. The lowest BCUT2D eigenvalue weighted by Gasteiger charge is -2.36. The Morgan fingerprint density at radius 2 is 2.00 bits per heavy atom. The van der Waals surface area contributed by atoms with E-state index in [1.165, 1.54) is 16.8 Å². The van der Waals surface area contributed by atoms with Crippen molar-refractivity contribution in [3.63, 3.8) is 0 Å². The van der Waals surface area contributed by atoms with Gasteiger partial charge in [0.15, 0.2) is 5.96 Å². The van der Waals surface area contributed by atoms with Crippen LogP contribution in [-0.2, 0) is 13.1 Å². The molecule has 1 aromatic carbocycles. The van der Waals surface area contributed by atoms with Crippen LogP contribution < -0.4 is 10.2 Å². The van der Waals surface area contributed by atoms with Gasteiger partial charge in [-0.2, -0.15) is 0 Å². The Balaban J connectivity index is 1.51. The van der Waals surface area contributed by atoms with Crippen molar-refractivity contribution in [1.82, 2.24) is 20.3 Å². The molecule has 0 atom stereocenters. The van der Waals surface area contributed by atoms with E-state index in [4.69, 9.17) is 4.52 Å². The van der Waals surface area contributed by atoms with Gasteiger partial charge in [-0.3, -0.25) is 9.89 Å². The summed E-state index contributed by atoms with van der Waals surface area (Å²) in [5, 5.41) is 7.52. The molecule has 1 aromatic heterocycles. The summed E-state index contributed by atoms with van der Waals surface area (Å²) < 4.78 is 4.92. The lowest BCUT2D eigenvalue weighted by molar-refractivity contribution is 0.169. The molecule has 2 aromatic rings. The summed E-state index contributed by atoms with van der Waals surface area (Å²) in [6, 6.07) is 8.51. The van der Waals surface area contributed by atoms with E-state index in [2.05, 4.69) is 69.4 Å². The molecule has 1 fully saturated rings. The second-order valence-corrected chi connectivity index (χ2v) is 7.16. The fourth-order valence-corrected chi connectivity index (χ4v) is 3.33. The van der Waals surface area contributed by atoms with Crippen LogP contribution in [0.4, 0.5) is 5.69 Å². The SMILES string of the molecule is CN=C(NCc1ccc(N(C)C)cc1C)N1CCN(Cc2ccon2)CC1. The first-order chi connectivity index (χ1) is 13.1. The first-order valence-electron chi connectivity index (χ1n) is 9.41. The predicted molar refractivity (Wildman–Crippen MR) is 109 cm³/mol. The highest BCUT2D eigenvalue weighted by atomic mass is 16.5. The van der Waals surface area contributed by atoms with Gasteiger partial charge >= 0.3 is 0 Å². The van der Waals surface area contributed by atoms with Crippen molar-refractivity contribution in [2.45, 2.75) is 20.0 Å². The Bertz CT molecular complexity index is 748. The maximum atomic E-state index is 4.92. The number of hydrogen-bond acceptors (Lipinski definition) is 5. The number of nitrogens with zero attached hydrogens (tertiary/aromatic N) is 5. The lowest BCUT2D eigenvalue weighted by atomic mass is 10.1. The molecule has 1 aliphatic heterocycles. The molecule has 0 unspecified atom stereocenters. The van der Waals surface area contributed by atoms with Crippen molar-refractivity contribution in [3.8, 4) is 0 Å². The van der Waals surface area contributed by atoms with Crippen LogP contribution in [0.15, 0.2) is 40.0 Å². The van der Waals surface area contributed by atoms with Gasteiger partial charge in [-0.05, 0) is 30.2 Å². The number of nitrogens with one attached hydrogen (secondary N) is 1. The number of rotatable bonds is 5. The standard InChI is InChI=1S/C20H30N6O/c1-16-13-19(24(3)4)6-5-17(16)14-22-20(21-2)26-10-8-25(9-11-26)15-18-7-12-27-23-18/h5-7,12-13H,8-11,14-15H2,1-4H3,(H,21,22). The second-order valence-electron chi connectivity index (χ2n) is 7.16. The number of hydrogen-bond donors (Lipinski definition) is 1. The van der Waals surface area contributed by atoms with Crippen molar-refractivity contribution >= 4 is 11.6 Å². The molecule has 146 valence electrons. The fraction of sp³-hybridized carbons (Fsp3) is 0.500. The average Bonchev–Trinajstić information content (AvgIpc) is 3.17. The van der Waals surface area contributed by atoms with Gasteiger partial charge in [0.05, 0.1) is 5.69 Å². The first kappa shape index (κ1) is 19.2. The Morgan fingerprint density at radius 3 is 2.59 bits per heavy atom. The summed E-state index contributed by atoms with van der Waals surface area (Å²) in [6.07, 6.45) is 1.63. The van der Waals surface area contributed by atoms with Crippen LogP contribution in [0, 0.1) is 6.92 Å². The molecular weight excluding hydrogens is 340 g/mol. The third kappa shape index (κ3) is 5.01. The van der Waals surface area contributed by atoms with Gasteiger partial charge in [-0.1, -0.05) is 11.2 Å². The summed E-state index contributed by atoms with van der Waals surface area (Å²) in [5.74, 6) is 0.965. The molecule has 1 aliphatic rings. The normalized spacial score (nSPS) is 15.9. The van der Waals surface area contributed by atoms with E-state index in [9.17, 15) is 0 Å². The van der Waals surface area contributed by atoms with Gasteiger partial charge in [0.1, 0.15) is 6.26 Å². The molecule has 0 aliphatic carbocycles. The zero-order valence-corrected chi connectivity index (χ0v) is 16.8. The molecular formula is C20H30N6O. The number of guanidine groups is 1. The van der Waals surface area contributed by atoms with Crippen LogP contribution in [-0.4, -0.2) is 68.2 Å². The highest BCUT2D eigenvalue weighted by Crippen LogP contribution is 2.17. The minimum atomic E-state index is 0.783. The minimum Gasteiger partial charge on any atom is -0.378 e. The van der Waals surface area contributed by atoms with Crippen LogP contribution in [0.3, 0.4) is 0 Å². The number of piperazine rings is 1. The zero-order valence-electron chi connectivity index (χ0n) is 16.8. The molecule has 2 heterocycles. The van der Waals surface area contributed by atoms with E-state index in [1.54, 1.807) is 6.26 Å². The lowest BCUT2D eigenvalue weighted by Crippen LogP contribution is -2.52. The van der Waals surface area contributed by atoms with Crippen LogP contribution >= 0.6 is 0 Å². The third-order valence-corrected chi connectivity index (χ3v) is 5.04. The molecule has 0 spiro atoms. The van der Waals surface area contributed by atoms with E-state index in [0.29, 0.717) is 0 Å². The monoisotopic (exact) mass is 370 g/mol. The topological polar surface area (TPSA) is 60.1 Å². The fourth-order valence-electron chi connectivity index (χ4n) is 3.33. The number of aliphatic imine (C=N–C) groups is 1. The largest absolute Gasteiger partial charge is 0.378 e. The van der Waals surface area contributed by atoms with Crippen molar-refractivity contribution < 1.29 is 4.52 Å². The summed E-state index contributed by atoms with van der Waals surface area (Å²) >= 11 is 0. The summed E-state index contributed by atoms with van der Waals surface area (Å²) in [6.45, 7) is 7.68. The Kier molecular flexibility index (Phi) is 6.34. The number of aryl methyl sites for hydroxylation is 1. The molecule has 1 N–H and O–H groups in total. The Labute approximate surface area is 161 Å². The predicted octanol–water partition coefficient (Wildman–Crippen LogP) is 1.94. The molecule has 1 saturated heterocycles. The molecule has 7 heteroatoms. The van der Waals surface area contributed by atoms with Crippen LogP contribution in [0.1, 0.15) is 16.8 Å². The second kappa shape index (κ2) is 8.90. The van der Waals surface area contributed by atoms with Crippen molar-refractivity contribution in [1.29, 1.82) is 0 Å². The first-order valence-corrected chi connectivity index (χ1v) is 9.41. The highest BCUT2D eigenvalue weighted by molar-refractivity contribution is 5.80. The molecule has 0 bridgehead atoms. The molecule has 0 saturated carbocycles. The molecule has 7 nitrogen and oxygen atoms in total. The van der Waals surface area contributed by atoms with E-state index >= 15 is 0 Å². The van der Waals surface area contributed by atoms with Crippen LogP contribution in [0.25, 0.3) is 0 Å². The summed E-state index contributed by atoms with van der Waals surface area (Å²) in [5.41, 5.74) is 4.81. The van der Waals surface area contributed by atoms with Crippen molar-refractivity contribution in [2.24, 2.45) is 4.99 Å². The molecule has 0 radical (unpaired) electrons. The molecule has 27 heavy (non-hydrogen) atoms. The quantitative estimate of drug-likeness (QED) is 0.641. The maximum absolute atomic E-state index is 4.92. The molecule has 3 rings (SSSR count). The van der Waals surface area contributed by atoms with E-state index < -0.39 is 0 Å². The van der Waals surface area contributed by atoms with Crippen molar-refractivity contribution in [2.75, 3.05) is 52.2 Å². The van der Waals surface area contributed by atoms with Gasteiger partial charge in [-0.15, -0.1) is 0 Å². The Hall–Kier alpha value is -2.54. The van der Waals surface area contributed by atoms with Gasteiger partial charge in [0.2, 0.25) is 0 Å². The number of benzene rings is 1.